The Balaban J connectivity index is 1.23. The molecule has 0 unspecified atom stereocenters. The van der Waals surface area contributed by atoms with Gasteiger partial charge in [0.15, 0.2) is 0 Å². The molecule has 8 heteroatoms. The molecule has 2 aliphatic rings. The molecule has 1 aromatic heterocycles. The second-order valence-electron chi connectivity index (χ2n) is 8.64. The lowest BCUT2D eigenvalue weighted by atomic mass is 9.99. The Kier molecular flexibility index (Phi) is 6.03. The van der Waals surface area contributed by atoms with Crippen LogP contribution in [0.3, 0.4) is 0 Å². The minimum atomic E-state index is -0.273. The first kappa shape index (κ1) is 21.9. The number of rotatable bonds is 5. The topological polar surface area (TPSA) is 64.7 Å². The molecule has 5 rings (SSSR count). The minimum absolute atomic E-state index is 0.0929. The molecule has 1 saturated heterocycles. The van der Waals surface area contributed by atoms with Crippen molar-refractivity contribution in [2.24, 2.45) is 0 Å². The van der Waals surface area contributed by atoms with Crippen LogP contribution in [0.25, 0.3) is 10.1 Å². The van der Waals surface area contributed by atoms with Gasteiger partial charge in [0.1, 0.15) is 5.82 Å². The van der Waals surface area contributed by atoms with E-state index >= 15 is 0 Å². The van der Waals surface area contributed by atoms with Gasteiger partial charge in [-0.15, -0.1) is 11.3 Å². The van der Waals surface area contributed by atoms with E-state index in [4.69, 9.17) is 0 Å². The van der Waals surface area contributed by atoms with Gasteiger partial charge in [-0.3, -0.25) is 14.5 Å². The summed E-state index contributed by atoms with van der Waals surface area (Å²) < 4.78 is 15.1. The predicted octanol–water partition coefficient (Wildman–Crippen LogP) is 3.65. The van der Waals surface area contributed by atoms with Crippen LogP contribution in [-0.2, 0) is 17.6 Å². The molecule has 33 heavy (non-hydrogen) atoms. The molecule has 0 atom stereocenters. The van der Waals surface area contributed by atoms with E-state index < -0.39 is 0 Å². The Morgan fingerprint density at radius 3 is 2.73 bits per heavy atom. The zero-order valence-electron chi connectivity index (χ0n) is 18.6. The second-order valence-corrected chi connectivity index (χ2v) is 9.73. The normalized spacial score (nSPS) is 16.5. The van der Waals surface area contributed by atoms with Gasteiger partial charge in [0.25, 0.3) is 5.91 Å². The molecule has 0 saturated carbocycles. The van der Waals surface area contributed by atoms with Crippen LogP contribution in [0.15, 0.2) is 36.4 Å². The van der Waals surface area contributed by atoms with Gasteiger partial charge < -0.3 is 15.5 Å². The van der Waals surface area contributed by atoms with Crippen molar-refractivity contribution < 1.29 is 14.0 Å². The van der Waals surface area contributed by atoms with Crippen LogP contribution in [0.4, 0.5) is 15.8 Å². The van der Waals surface area contributed by atoms with Gasteiger partial charge in [-0.25, -0.2) is 4.39 Å². The monoisotopic (exact) mass is 466 g/mol. The van der Waals surface area contributed by atoms with Gasteiger partial charge in [-0.05, 0) is 48.2 Å². The third kappa shape index (κ3) is 4.58. The highest BCUT2D eigenvalue weighted by molar-refractivity contribution is 7.20. The molecule has 2 N–H and O–H groups in total. The summed E-state index contributed by atoms with van der Waals surface area (Å²) in [7, 11) is 1.60. The van der Waals surface area contributed by atoms with Gasteiger partial charge in [0.05, 0.1) is 4.88 Å². The molecule has 172 valence electrons. The Morgan fingerprint density at radius 2 is 1.94 bits per heavy atom. The number of carbonyl (C=O) groups excluding carboxylic acids is 2. The average molecular weight is 467 g/mol. The molecule has 0 radical (unpaired) electrons. The first-order valence-corrected chi connectivity index (χ1v) is 12.2. The van der Waals surface area contributed by atoms with Crippen LogP contribution in [0, 0.1) is 5.82 Å². The highest BCUT2D eigenvalue weighted by atomic mass is 32.1. The second kappa shape index (κ2) is 9.11. The van der Waals surface area contributed by atoms with Crippen LogP contribution < -0.4 is 15.5 Å². The maximum atomic E-state index is 14.3. The lowest BCUT2D eigenvalue weighted by molar-refractivity contribution is -0.116. The fraction of sp³-hybridized carbons (Fsp3) is 0.360. The number of fused-ring (bicyclic) bond motifs is 2. The number of piperazine rings is 1. The Labute approximate surface area is 196 Å². The van der Waals surface area contributed by atoms with Gasteiger partial charge in [0, 0.05) is 67.7 Å². The van der Waals surface area contributed by atoms with Crippen molar-refractivity contribution in [2.75, 3.05) is 50.0 Å². The van der Waals surface area contributed by atoms with E-state index in [0.717, 1.165) is 67.0 Å². The molecule has 2 amide bonds. The fourth-order valence-corrected chi connectivity index (χ4v) is 5.71. The third-order valence-electron chi connectivity index (χ3n) is 6.53. The minimum Gasteiger partial charge on any atom is -0.368 e. The van der Waals surface area contributed by atoms with E-state index in [1.54, 1.807) is 13.1 Å². The van der Waals surface area contributed by atoms with Crippen molar-refractivity contribution in [3.8, 4) is 0 Å². The highest BCUT2D eigenvalue weighted by Crippen LogP contribution is 2.35. The van der Waals surface area contributed by atoms with Crippen LogP contribution in [0.5, 0.6) is 0 Å². The van der Waals surface area contributed by atoms with Crippen molar-refractivity contribution in [3.63, 3.8) is 0 Å². The lowest BCUT2D eigenvalue weighted by Crippen LogP contribution is -2.47. The molecular weight excluding hydrogens is 439 g/mol. The first-order valence-electron chi connectivity index (χ1n) is 11.3. The maximum Gasteiger partial charge on any atom is 0.261 e. The van der Waals surface area contributed by atoms with E-state index in [1.165, 1.54) is 28.5 Å². The molecule has 3 heterocycles. The molecule has 6 nitrogen and oxygen atoms in total. The SMILES string of the molecule is CNC(=O)c1cc2c(N3CCN(CCc4ccc5c(c4)NC(=O)CC5)CC3)cc(F)cc2s1. The number of hydrogen-bond acceptors (Lipinski definition) is 5. The van der Waals surface area contributed by atoms with Gasteiger partial charge in [-0.1, -0.05) is 12.1 Å². The summed E-state index contributed by atoms with van der Waals surface area (Å²) in [4.78, 5) is 29.0. The molecule has 0 spiro atoms. The van der Waals surface area contributed by atoms with Crippen molar-refractivity contribution in [1.82, 2.24) is 10.2 Å². The Hall–Kier alpha value is -2.97. The summed E-state index contributed by atoms with van der Waals surface area (Å²) >= 11 is 1.32. The Morgan fingerprint density at radius 1 is 1.12 bits per heavy atom. The number of benzene rings is 2. The van der Waals surface area contributed by atoms with Crippen LogP contribution in [-0.4, -0.2) is 56.5 Å². The van der Waals surface area contributed by atoms with Crippen molar-refractivity contribution >= 4 is 44.6 Å². The molecular formula is C25H27FN4O2S. The molecule has 2 aromatic carbocycles. The number of nitrogens with one attached hydrogen (secondary N) is 2. The third-order valence-corrected chi connectivity index (χ3v) is 7.61. The Bertz CT molecular complexity index is 1220. The van der Waals surface area contributed by atoms with Crippen LogP contribution in [0.1, 0.15) is 27.2 Å². The largest absolute Gasteiger partial charge is 0.368 e. The summed E-state index contributed by atoms with van der Waals surface area (Å²) in [6.45, 7) is 4.35. The van der Waals surface area contributed by atoms with Gasteiger partial charge in [-0.2, -0.15) is 0 Å². The summed E-state index contributed by atoms with van der Waals surface area (Å²) in [6, 6.07) is 11.4. The maximum absolute atomic E-state index is 14.3. The molecule has 0 bridgehead atoms. The number of thiophene rings is 1. The number of amides is 2. The lowest BCUT2D eigenvalue weighted by Gasteiger charge is -2.36. The van der Waals surface area contributed by atoms with E-state index in [0.29, 0.717) is 11.3 Å². The highest BCUT2D eigenvalue weighted by Gasteiger charge is 2.22. The summed E-state index contributed by atoms with van der Waals surface area (Å²) in [6.07, 6.45) is 2.30. The fourth-order valence-electron chi connectivity index (χ4n) is 4.66. The zero-order chi connectivity index (χ0) is 22.9. The molecule has 2 aliphatic heterocycles. The van der Waals surface area contributed by atoms with Gasteiger partial charge >= 0.3 is 0 Å². The summed E-state index contributed by atoms with van der Waals surface area (Å²) in [5.74, 6) is -0.325. The summed E-state index contributed by atoms with van der Waals surface area (Å²) in [5.41, 5.74) is 4.25. The predicted molar refractivity (Wildman–Crippen MR) is 131 cm³/mol. The molecule has 1 fully saturated rings. The number of aryl methyl sites for hydroxylation is 1. The number of hydrogen-bond donors (Lipinski definition) is 2. The number of nitrogens with zero attached hydrogens (tertiary/aromatic N) is 2. The van der Waals surface area contributed by atoms with Crippen LogP contribution >= 0.6 is 11.3 Å². The van der Waals surface area contributed by atoms with E-state index in [1.807, 2.05) is 6.07 Å². The summed E-state index contributed by atoms with van der Waals surface area (Å²) in [5, 5.41) is 6.56. The number of halogens is 1. The molecule has 0 aliphatic carbocycles. The molecule has 3 aromatic rings. The van der Waals surface area contributed by atoms with E-state index in [2.05, 4.69) is 38.6 Å². The van der Waals surface area contributed by atoms with Gasteiger partial charge in [0.2, 0.25) is 5.91 Å². The first-order chi connectivity index (χ1) is 16.0. The van der Waals surface area contributed by atoms with Crippen molar-refractivity contribution in [2.45, 2.75) is 19.3 Å². The quantitative estimate of drug-likeness (QED) is 0.603. The number of carbonyl (C=O) groups is 2. The smallest absolute Gasteiger partial charge is 0.261 e. The standard InChI is InChI=1S/C25H27FN4O2S/c1-27-25(32)23-15-19-21(13-18(26)14-22(19)33-23)30-10-8-29(9-11-30)7-6-16-2-3-17-4-5-24(31)28-20(17)12-16/h2-3,12-15H,4-11H2,1H3,(H,27,32)(H,28,31). The van der Waals surface area contributed by atoms with Crippen molar-refractivity contribution in [1.29, 1.82) is 0 Å². The van der Waals surface area contributed by atoms with E-state index in [9.17, 15) is 14.0 Å². The average Bonchev–Trinajstić information content (AvgIpc) is 3.25. The van der Waals surface area contributed by atoms with E-state index in [-0.39, 0.29) is 17.6 Å². The van der Waals surface area contributed by atoms with Crippen LogP contribution in [0.2, 0.25) is 0 Å². The van der Waals surface area contributed by atoms with Crippen molar-refractivity contribution in [3.05, 3.63) is 58.2 Å². The zero-order valence-corrected chi connectivity index (χ0v) is 19.4. The number of anilines is 2.